The molecule has 0 aromatic heterocycles. The van der Waals surface area contributed by atoms with Gasteiger partial charge in [-0.1, -0.05) is 35.7 Å². The molecular weight excluding hydrogens is 315 g/mol. The molecule has 1 aromatic carbocycles. The van der Waals surface area contributed by atoms with Crippen LogP contribution >= 0.6 is 23.2 Å². The van der Waals surface area contributed by atoms with Crippen molar-refractivity contribution in [3.8, 4) is 0 Å². The van der Waals surface area contributed by atoms with E-state index in [0.717, 1.165) is 12.0 Å². The number of benzene rings is 1. The average Bonchev–Trinajstić information content (AvgIpc) is 2.37. The Kier molecular flexibility index (Phi) is 4.64. The van der Waals surface area contributed by atoms with Crippen molar-refractivity contribution in [3.05, 3.63) is 27.7 Å². The highest BCUT2D eigenvalue weighted by Crippen LogP contribution is 2.40. The zero-order chi connectivity index (χ0) is 15.6. The van der Waals surface area contributed by atoms with Crippen LogP contribution in [0.5, 0.6) is 0 Å². The first-order valence-electron chi connectivity index (χ1n) is 6.58. The predicted octanol–water partition coefficient (Wildman–Crippen LogP) is 3.68. The number of carboxylic acids is 1. The third-order valence-corrected chi connectivity index (χ3v) is 4.68. The van der Waals surface area contributed by atoms with Gasteiger partial charge in [-0.3, -0.25) is 4.79 Å². The minimum absolute atomic E-state index is 0.0925. The van der Waals surface area contributed by atoms with E-state index in [0.29, 0.717) is 28.6 Å². The number of amides is 2. The van der Waals surface area contributed by atoms with E-state index < -0.39 is 17.4 Å². The van der Waals surface area contributed by atoms with Gasteiger partial charge in [-0.15, -0.1) is 0 Å². The van der Waals surface area contributed by atoms with E-state index in [9.17, 15) is 14.7 Å². The number of rotatable bonds is 4. The maximum Gasteiger partial charge on any atom is 0.319 e. The van der Waals surface area contributed by atoms with Crippen molar-refractivity contribution >= 4 is 40.9 Å². The van der Waals surface area contributed by atoms with Gasteiger partial charge in [0.15, 0.2) is 0 Å². The lowest BCUT2D eigenvalue weighted by atomic mass is 9.69. The van der Waals surface area contributed by atoms with Crippen molar-refractivity contribution in [2.75, 3.05) is 11.9 Å². The van der Waals surface area contributed by atoms with E-state index in [2.05, 4.69) is 10.6 Å². The first-order chi connectivity index (χ1) is 9.85. The maximum absolute atomic E-state index is 11.9. The first-order valence-corrected chi connectivity index (χ1v) is 7.34. The van der Waals surface area contributed by atoms with Crippen LogP contribution in [0.3, 0.4) is 0 Å². The second kappa shape index (κ2) is 6.12. The molecule has 2 amide bonds. The molecule has 1 aliphatic carbocycles. The van der Waals surface area contributed by atoms with Crippen LogP contribution in [-0.4, -0.2) is 23.7 Å². The minimum Gasteiger partial charge on any atom is -0.481 e. The van der Waals surface area contributed by atoms with E-state index in [1.807, 2.05) is 0 Å². The van der Waals surface area contributed by atoms with E-state index in [4.69, 9.17) is 23.2 Å². The van der Waals surface area contributed by atoms with Gasteiger partial charge in [0, 0.05) is 6.54 Å². The van der Waals surface area contributed by atoms with Crippen LogP contribution in [0.4, 0.5) is 10.5 Å². The van der Waals surface area contributed by atoms with Gasteiger partial charge in [0.1, 0.15) is 0 Å². The summed E-state index contributed by atoms with van der Waals surface area (Å²) in [7, 11) is 0. The molecule has 5 nitrogen and oxygen atoms in total. The number of nitrogens with one attached hydrogen (secondary N) is 2. The van der Waals surface area contributed by atoms with Gasteiger partial charge in [0.05, 0.1) is 21.1 Å². The van der Waals surface area contributed by atoms with Gasteiger partial charge in [0.25, 0.3) is 0 Å². The van der Waals surface area contributed by atoms with E-state index in [1.165, 1.54) is 0 Å². The zero-order valence-corrected chi connectivity index (χ0v) is 13.0. The molecule has 0 saturated heterocycles. The number of carboxylic acid groups (broad SMARTS) is 1. The molecule has 1 aliphatic rings. The zero-order valence-electron chi connectivity index (χ0n) is 11.5. The van der Waals surface area contributed by atoms with Crippen molar-refractivity contribution in [2.45, 2.75) is 26.2 Å². The summed E-state index contributed by atoms with van der Waals surface area (Å²) in [5, 5.41) is 15.1. The lowest BCUT2D eigenvalue weighted by Gasteiger charge is -2.37. The molecule has 0 spiro atoms. The molecule has 3 N–H and O–H groups in total. The summed E-state index contributed by atoms with van der Waals surface area (Å²) in [4.78, 5) is 23.1. The molecule has 114 valence electrons. The number of aliphatic carboxylic acids is 1. The summed E-state index contributed by atoms with van der Waals surface area (Å²) in [5.74, 6) is -0.874. The molecule has 0 radical (unpaired) electrons. The van der Waals surface area contributed by atoms with Crippen LogP contribution < -0.4 is 10.6 Å². The Hall–Kier alpha value is -1.46. The third kappa shape index (κ3) is 3.24. The van der Waals surface area contributed by atoms with Gasteiger partial charge in [-0.25, -0.2) is 4.79 Å². The quantitative estimate of drug-likeness (QED) is 0.787. The third-order valence-electron chi connectivity index (χ3n) is 3.87. The van der Waals surface area contributed by atoms with Crippen molar-refractivity contribution in [3.63, 3.8) is 0 Å². The van der Waals surface area contributed by atoms with E-state index in [-0.39, 0.29) is 6.54 Å². The molecule has 1 saturated carbocycles. The first kappa shape index (κ1) is 15.9. The number of carbonyl (C=O) groups excluding carboxylic acids is 1. The van der Waals surface area contributed by atoms with Gasteiger partial charge < -0.3 is 15.7 Å². The molecule has 1 fully saturated rings. The fraction of sp³-hybridized carbons (Fsp3) is 0.429. The molecule has 1 aromatic rings. The summed E-state index contributed by atoms with van der Waals surface area (Å²) in [6.45, 7) is 1.89. The highest BCUT2D eigenvalue weighted by atomic mass is 35.5. The molecule has 21 heavy (non-hydrogen) atoms. The number of hydrogen-bond acceptors (Lipinski definition) is 2. The Bertz CT molecular complexity index is 586. The Morgan fingerprint density at radius 1 is 1.33 bits per heavy atom. The summed E-state index contributed by atoms with van der Waals surface area (Å²) < 4.78 is 0. The smallest absolute Gasteiger partial charge is 0.319 e. The normalized spacial score (nSPS) is 16.0. The summed E-state index contributed by atoms with van der Waals surface area (Å²) in [5.41, 5.74) is 0.281. The molecule has 0 bridgehead atoms. The molecule has 0 aliphatic heterocycles. The number of hydrogen-bond donors (Lipinski definition) is 3. The van der Waals surface area contributed by atoms with E-state index in [1.54, 1.807) is 19.1 Å². The lowest BCUT2D eigenvalue weighted by molar-refractivity contribution is -0.153. The second-order valence-electron chi connectivity index (χ2n) is 5.30. The molecule has 0 atom stereocenters. The summed E-state index contributed by atoms with van der Waals surface area (Å²) in [6, 6.07) is 2.88. The van der Waals surface area contributed by atoms with E-state index >= 15 is 0 Å². The van der Waals surface area contributed by atoms with Crippen molar-refractivity contribution < 1.29 is 14.7 Å². The molecular formula is C14H16Cl2N2O3. The molecule has 2 rings (SSSR count). The van der Waals surface area contributed by atoms with Crippen LogP contribution in [0, 0.1) is 12.3 Å². The minimum atomic E-state index is -0.874. The van der Waals surface area contributed by atoms with Gasteiger partial charge in [-0.2, -0.15) is 0 Å². The fourth-order valence-corrected chi connectivity index (χ4v) is 2.71. The fourth-order valence-electron chi connectivity index (χ4n) is 2.25. The topological polar surface area (TPSA) is 78.4 Å². The number of carbonyl (C=O) groups is 2. The Morgan fingerprint density at radius 2 is 2.00 bits per heavy atom. The highest BCUT2D eigenvalue weighted by molar-refractivity contribution is 6.40. The Labute approximate surface area is 132 Å². The van der Waals surface area contributed by atoms with Gasteiger partial charge in [0.2, 0.25) is 0 Å². The number of urea groups is 1. The highest BCUT2D eigenvalue weighted by Gasteiger charge is 2.44. The number of halogens is 2. The van der Waals surface area contributed by atoms with Crippen molar-refractivity contribution in [2.24, 2.45) is 5.41 Å². The lowest BCUT2D eigenvalue weighted by Crippen LogP contribution is -2.48. The van der Waals surface area contributed by atoms with Crippen LogP contribution in [-0.2, 0) is 4.79 Å². The largest absolute Gasteiger partial charge is 0.481 e. The van der Waals surface area contributed by atoms with Crippen LogP contribution in [0.15, 0.2) is 12.1 Å². The molecule has 0 heterocycles. The van der Waals surface area contributed by atoms with Crippen LogP contribution in [0.1, 0.15) is 24.8 Å². The Morgan fingerprint density at radius 3 is 2.52 bits per heavy atom. The van der Waals surface area contributed by atoms with Crippen LogP contribution in [0.2, 0.25) is 10.0 Å². The Balaban J connectivity index is 2.00. The number of aryl methyl sites for hydroxylation is 1. The van der Waals surface area contributed by atoms with Gasteiger partial charge >= 0.3 is 12.0 Å². The summed E-state index contributed by atoms with van der Waals surface area (Å²) >= 11 is 12.1. The predicted molar refractivity (Wildman–Crippen MR) is 82.1 cm³/mol. The molecule has 7 heteroatoms. The second-order valence-corrected chi connectivity index (χ2v) is 6.09. The SMILES string of the molecule is Cc1ccc(Cl)c(NC(=O)NCC2(C(=O)O)CCC2)c1Cl. The standard InChI is InChI=1S/C14H16Cl2N2O3/c1-8-3-4-9(15)11(10(8)16)18-13(21)17-7-14(12(19)20)5-2-6-14/h3-4H,2,5-7H2,1H3,(H,19,20)(H2,17,18,21). The van der Waals surface area contributed by atoms with Crippen molar-refractivity contribution in [1.29, 1.82) is 0 Å². The van der Waals surface area contributed by atoms with Crippen molar-refractivity contribution in [1.82, 2.24) is 5.32 Å². The summed E-state index contributed by atoms with van der Waals surface area (Å²) in [6.07, 6.45) is 2.02. The van der Waals surface area contributed by atoms with Crippen LogP contribution in [0.25, 0.3) is 0 Å². The monoisotopic (exact) mass is 330 g/mol. The maximum atomic E-state index is 11.9. The molecule has 0 unspecified atom stereocenters. The number of anilines is 1. The van der Waals surface area contributed by atoms with Gasteiger partial charge in [-0.05, 0) is 31.4 Å². The average molecular weight is 331 g/mol.